The number of hydrogen-bond donors (Lipinski definition) is 0. The minimum absolute atomic E-state index is 0.0409. The zero-order chi connectivity index (χ0) is 23.6. The molecule has 0 aromatic heterocycles. The Bertz CT molecular complexity index is 1170. The summed E-state index contributed by atoms with van der Waals surface area (Å²) in [5, 5.41) is 10.8. The molecular formula is C25H23N3O4S. The van der Waals surface area contributed by atoms with Gasteiger partial charge in [-0.2, -0.15) is 0 Å². The Hall–Kier alpha value is -3.65. The molecule has 33 heavy (non-hydrogen) atoms. The van der Waals surface area contributed by atoms with Crippen molar-refractivity contribution in [3.63, 3.8) is 0 Å². The van der Waals surface area contributed by atoms with Gasteiger partial charge in [-0.05, 0) is 41.9 Å². The van der Waals surface area contributed by atoms with Crippen LogP contribution in [0, 0.1) is 10.1 Å². The van der Waals surface area contributed by atoms with Gasteiger partial charge in [-0.15, -0.1) is 0 Å². The van der Waals surface area contributed by atoms with E-state index in [1.54, 1.807) is 29.0 Å². The molecule has 0 unspecified atom stereocenters. The number of thioether (sulfide) groups is 1. The Morgan fingerprint density at radius 3 is 2.15 bits per heavy atom. The fourth-order valence-electron chi connectivity index (χ4n) is 4.10. The number of nitro groups is 1. The quantitative estimate of drug-likeness (QED) is 0.286. The summed E-state index contributed by atoms with van der Waals surface area (Å²) in [5.74, 6) is -0.221. The highest BCUT2D eigenvalue weighted by Crippen LogP contribution is 2.53. The zero-order valence-electron chi connectivity index (χ0n) is 18.3. The van der Waals surface area contributed by atoms with E-state index in [0.29, 0.717) is 12.2 Å². The first-order valence-electron chi connectivity index (χ1n) is 10.5. The normalized spacial score (nSPS) is 19.6. The number of carbonyl (C=O) groups excluding carboxylic acids is 2. The molecule has 0 saturated carbocycles. The van der Waals surface area contributed by atoms with Crippen LogP contribution in [-0.2, 0) is 16.1 Å². The van der Waals surface area contributed by atoms with Crippen molar-refractivity contribution in [2.45, 2.75) is 24.3 Å². The van der Waals surface area contributed by atoms with Gasteiger partial charge >= 0.3 is 0 Å². The summed E-state index contributed by atoms with van der Waals surface area (Å²) >= 11 is 1.02. The van der Waals surface area contributed by atoms with E-state index in [2.05, 4.69) is 0 Å². The van der Waals surface area contributed by atoms with Crippen molar-refractivity contribution in [2.24, 2.45) is 0 Å². The van der Waals surface area contributed by atoms with Gasteiger partial charge in [0, 0.05) is 31.4 Å². The highest BCUT2D eigenvalue weighted by molar-refractivity contribution is 8.15. The molecule has 0 bridgehead atoms. The number of carbonyl (C=O) groups is 2. The minimum atomic E-state index is -1.08. The van der Waals surface area contributed by atoms with E-state index in [4.69, 9.17) is 0 Å². The Morgan fingerprint density at radius 2 is 1.61 bits per heavy atom. The van der Waals surface area contributed by atoms with Crippen molar-refractivity contribution in [2.75, 3.05) is 11.9 Å². The summed E-state index contributed by atoms with van der Waals surface area (Å²) in [5.41, 5.74) is 2.28. The van der Waals surface area contributed by atoms with Gasteiger partial charge < -0.3 is 9.80 Å². The number of non-ortho nitro benzene ring substituents is 1. The molecule has 1 fully saturated rings. The van der Waals surface area contributed by atoms with Crippen LogP contribution in [-0.4, -0.2) is 34.1 Å². The van der Waals surface area contributed by atoms with Crippen LogP contribution >= 0.6 is 11.8 Å². The number of hydrogen-bond acceptors (Lipinski definition) is 5. The van der Waals surface area contributed by atoms with Crippen LogP contribution < -0.4 is 4.90 Å². The average molecular weight is 462 g/mol. The summed E-state index contributed by atoms with van der Waals surface area (Å²) in [6.45, 7) is 2.33. The lowest BCUT2D eigenvalue weighted by molar-refractivity contribution is -0.384. The van der Waals surface area contributed by atoms with Crippen molar-refractivity contribution in [3.05, 3.63) is 106 Å². The summed E-state index contributed by atoms with van der Waals surface area (Å²) in [4.78, 5) is 40.6. The number of β-lactam (4-membered cyclic amide) rings is 1. The summed E-state index contributed by atoms with van der Waals surface area (Å²) in [6, 6.07) is 24.5. The van der Waals surface area contributed by atoms with Gasteiger partial charge in [0.05, 0.1) is 11.0 Å². The minimum Gasteiger partial charge on any atom is -0.332 e. The number of anilines is 1. The van der Waals surface area contributed by atoms with Crippen LogP contribution in [0.15, 0.2) is 84.9 Å². The number of nitro benzene ring substituents is 1. The second kappa shape index (κ2) is 9.07. The fourth-order valence-corrected chi connectivity index (χ4v) is 5.31. The van der Waals surface area contributed by atoms with Crippen molar-refractivity contribution >= 4 is 34.3 Å². The molecule has 3 aromatic rings. The van der Waals surface area contributed by atoms with Gasteiger partial charge in [-0.25, -0.2) is 0 Å². The largest absolute Gasteiger partial charge is 0.332 e. The van der Waals surface area contributed by atoms with Gasteiger partial charge in [-0.1, -0.05) is 60.7 Å². The third-order valence-electron chi connectivity index (χ3n) is 5.88. The van der Waals surface area contributed by atoms with Crippen LogP contribution in [0.25, 0.3) is 0 Å². The second-order valence-electron chi connectivity index (χ2n) is 7.94. The molecule has 0 aliphatic carbocycles. The number of benzene rings is 3. The predicted molar refractivity (Wildman–Crippen MR) is 129 cm³/mol. The topological polar surface area (TPSA) is 83.8 Å². The molecule has 1 aliphatic heterocycles. The molecule has 1 aliphatic rings. The van der Waals surface area contributed by atoms with Crippen molar-refractivity contribution in [1.82, 2.24) is 4.90 Å². The summed E-state index contributed by atoms with van der Waals surface area (Å²) in [6.07, 6.45) is 0. The lowest BCUT2D eigenvalue weighted by Crippen LogP contribution is -2.69. The molecule has 4 rings (SSSR count). The Kier molecular flexibility index (Phi) is 6.20. The van der Waals surface area contributed by atoms with E-state index >= 15 is 0 Å². The summed E-state index contributed by atoms with van der Waals surface area (Å²) in [7, 11) is 1.73. The van der Waals surface area contributed by atoms with Crippen molar-refractivity contribution in [1.29, 1.82) is 0 Å². The molecule has 8 heteroatoms. The average Bonchev–Trinajstić information content (AvgIpc) is 2.84. The first kappa shape index (κ1) is 22.5. The maximum atomic E-state index is 13.6. The fraction of sp³-hybridized carbons (Fsp3) is 0.200. The van der Waals surface area contributed by atoms with E-state index in [-0.39, 0.29) is 22.9 Å². The van der Waals surface area contributed by atoms with Gasteiger partial charge in [-0.3, -0.25) is 19.7 Å². The van der Waals surface area contributed by atoms with E-state index in [1.165, 1.54) is 12.1 Å². The second-order valence-corrected chi connectivity index (χ2v) is 9.13. The lowest BCUT2D eigenvalue weighted by Gasteiger charge is -2.54. The smallest absolute Gasteiger partial charge is 0.283 e. The Morgan fingerprint density at radius 1 is 1.03 bits per heavy atom. The van der Waals surface area contributed by atoms with Gasteiger partial charge in [0.25, 0.3) is 16.8 Å². The number of amides is 2. The van der Waals surface area contributed by atoms with Crippen LogP contribution in [0.5, 0.6) is 0 Å². The number of rotatable bonds is 6. The van der Waals surface area contributed by atoms with E-state index in [1.807, 2.05) is 67.6 Å². The van der Waals surface area contributed by atoms with E-state index in [9.17, 15) is 19.7 Å². The first-order chi connectivity index (χ1) is 15.8. The van der Waals surface area contributed by atoms with Crippen LogP contribution in [0.4, 0.5) is 16.2 Å². The lowest BCUT2D eigenvalue weighted by atomic mass is 9.81. The van der Waals surface area contributed by atoms with Gasteiger partial charge in [0.2, 0.25) is 0 Å². The van der Waals surface area contributed by atoms with Crippen molar-refractivity contribution in [3.8, 4) is 0 Å². The molecule has 0 radical (unpaired) electrons. The van der Waals surface area contributed by atoms with Gasteiger partial charge in [0.15, 0.2) is 0 Å². The summed E-state index contributed by atoms with van der Waals surface area (Å²) < 4.78 is -1.08. The third-order valence-corrected chi connectivity index (χ3v) is 7.44. The van der Waals surface area contributed by atoms with E-state index in [0.717, 1.165) is 22.9 Å². The Balaban J connectivity index is 1.61. The highest BCUT2D eigenvalue weighted by atomic mass is 32.2. The predicted octanol–water partition coefficient (Wildman–Crippen LogP) is 5.21. The monoisotopic (exact) mass is 461 g/mol. The molecule has 7 nitrogen and oxygen atoms in total. The zero-order valence-corrected chi connectivity index (χ0v) is 19.1. The molecule has 2 amide bonds. The van der Waals surface area contributed by atoms with Crippen LogP contribution in [0.1, 0.15) is 18.1 Å². The highest BCUT2D eigenvalue weighted by Gasteiger charge is 2.62. The molecule has 168 valence electrons. The maximum absolute atomic E-state index is 13.6. The van der Waals surface area contributed by atoms with Crippen LogP contribution in [0.3, 0.4) is 0 Å². The van der Waals surface area contributed by atoms with E-state index < -0.39 is 9.67 Å². The molecule has 0 N–H and O–H groups in total. The standard InChI is InChI=1S/C25H23N3O4S/c1-18-25(20-11-7-4-8-12-20,33-24(30)26(2)17-19-9-5-3-6-10-19)23(29)27(18)21-13-15-22(16-14-21)28(31)32/h3-16,18H,17H2,1-2H3/t18-,25+/m1/s1. The molecule has 3 aromatic carbocycles. The molecule has 1 heterocycles. The third kappa shape index (κ3) is 4.09. The number of nitrogens with zero attached hydrogens (tertiary/aromatic N) is 3. The maximum Gasteiger partial charge on any atom is 0.283 e. The molecule has 1 saturated heterocycles. The SMILES string of the molecule is C[C@H]1N(c2ccc([N+](=O)[O-])cc2)C(=O)[C@@]1(SC(=O)N(C)Cc1ccccc1)c1ccccc1. The van der Waals surface area contributed by atoms with Crippen LogP contribution in [0.2, 0.25) is 0 Å². The molecule has 0 spiro atoms. The Labute approximate surface area is 196 Å². The molecular weight excluding hydrogens is 438 g/mol. The van der Waals surface area contributed by atoms with Crippen molar-refractivity contribution < 1.29 is 14.5 Å². The van der Waals surface area contributed by atoms with Gasteiger partial charge in [0.1, 0.15) is 4.75 Å². The molecule has 2 atom stereocenters. The first-order valence-corrected chi connectivity index (χ1v) is 11.3.